The summed E-state index contributed by atoms with van der Waals surface area (Å²) in [4.78, 5) is 10.8. The van der Waals surface area contributed by atoms with Crippen molar-refractivity contribution in [2.45, 2.75) is 46.4 Å². The van der Waals surface area contributed by atoms with Gasteiger partial charge in [-0.05, 0) is 34.1 Å². The Bertz CT molecular complexity index is 456. The Morgan fingerprint density at radius 1 is 0.840 bits per heavy atom. The summed E-state index contributed by atoms with van der Waals surface area (Å²) in [7, 11) is -7.50. The van der Waals surface area contributed by atoms with E-state index in [9.17, 15) is 13.9 Å². The molecule has 0 aromatic carbocycles. The van der Waals surface area contributed by atoms with E-state index in [1.807, 2.05) is 0 Å². The first-order valence-corrected chi connectivity index (χ1v) is 11.6. The van der Waals surface area contributed by atoms with E-state index >= 15 is 0 Å². The zero-order chi connectivity index (χ0) is 19.3. The fraction of sp³-hybridized carbons (Fsp3) is 0.800. The molecule has 0 bridgehead atoms. The van der Waals surface area contributed by atoms with E-state index in [0.717, 1.165) is 0 Å². The van der Waals surface area contributed by atoms with E-state index in [1.165, 1.54) is 6.92 Å². The van der Waals surface area contributed by atoms with Crippen LogP contribution in [0.5, 0.6) is 0 Å². The summed E-state index contributed by atoms with van der Waals surface area (Å²) in [6, 6.07) is 0. The molecule has 0 aliphatic heterocycles. The lowest BCUT2D eigenvalue weighted by molar-refractivity contribution is -0.139. The van der Waals surface area contributed by atoms with Crippen molar-refractivity contribution in [3.63, 3.8) is 0 Å². The fourth-order valence-corrected chi connectivity index (χ4v) is 7.24. The van der Waals surface area contributed by atoms with Crippen molar-refractivity contribution in [1.29, 1.82) is 0 Å². The van der Waals surface area contributed by atoms with Gasteiger partial charge >= 0.3 is 21.2 Å². The fourth-order valence-electron chi connectivity index (χ4n) is 2.02. The molecular formula is C15H30O8P2. The summed E-state index contributed by atoms with van der Waals surface area (Å²) >= 11 is 0. The monoisotopic (exact) mass is 400 g/mol. The number of ether oxygens (including phenoxy) is 1. The minimum absolute atomic E-state index is 0.0587. The van der Waals surface area contributed by atoms with Gasteiger partial charge in [-0.2, -0.15) is 0 Å². The van der Waals surface area contributed by atoms with Gasteiger partial charge in [-0.1, -0.05) is 12.2 Å². The van der Waals surface area contributed by atoms with Crippen molar-refractivity contribution in [2.75, 3.05) is 33.0 Å². The highest BCUT2D eigenvalue weighted by molar-refractivity contribution is 7.72. The van der Waals surface area contributed by atoms with Crippen molar-refractivity contribution >= 4 is 21.2 Å². The zero-order valence-corrected chi connectivity index (χ0v) is 17.4. The molecule has 0 unspecified atom stereocenters. The molecule has 8 nitrogen and oxygen atoms in total. The Morgan fingerprint density at radius 2 is 1.24 bits per heavy atom. The third kappa shape index (κ3) is 8.63. The first kappa shape index (κ1) is 24.5. The molecule has 148 valence electrons. The molecule has 0 fully saturated rings. The number of allylic oxidation sites excluding steroid dienone is 1. The van der Waals surface area contributed by atoms with Gasteiger partial charge in [0, 0.05) is 6.92 Å². The maximum absolute atomic E-state index is 13.2. The summed E-state index contributed by atoms with van der Waals surface area (Å²) < 4.78 is 52.6. The van der Waals surface area contributed by atoms with E-state index in [4.69, 9.17) is 22.8 Å². The summed E-state index contributed by atoms with van der Waals surface area (Å²) in [6.45, 7) is 8.56. The van der Waals surface area contributed by atoms with Crippen molar-refractivity contribution < 1.29 is 36.8 Å². The lowest BCUT2D eigenvalue weighted by Crippen LogP contribution is -2.17. The molecule has 0 spiro atoms. The second kappa shape index (κ2) is 12.8. The molecular weight excluding hydrogens is 370 g/mol. The maximum Gasteiger partial charge on any atom is 0.346 e. The van der Waals surface area contributed by atoms with Crippen LogP contribution in [0, 0.1) is 0 Å². The lowest BCUT2D eigenvalue weighted by atomic mass is 10.4. The number of rotatable bonds is 14. The molecule has 0 heterocycles. The molecule has 0 aliphatic rings. The number of carbonyl (C=O) groups excluding carboxylic acids is 1. The smallest absolute Gasteiger partial charge is 0.346 e. The van der Waals surface area contributed by atoms with Crippen LogP contribution >= 0.6 is 15.2 Å². The molecule has 0 N–H and O–H groups in total. The van der Waals surface area contributed by atoms with E-state index < -0.39 is 26.6 Å². The van der Waals surface area contributed by atoms with Gasteiger partial charge in [0.05, 0.1) is 26.4 Å². The minimum atomic E-state index is -3.75. The number of esters is 1. The molecule has 0 radical (unpaired) electrons. The first-order valence-electron chi connectivity index (χ1n) is 8.35. The summed E-state index contributed by atoms with van der Waals surface area (Å²) in [5, 5.41) is -1.10. The van der Waals surface area contributed by atoms with Gasteiger partial charge < -0.3 is 22.8 Å². The van der Waals surface area contributed by atoms with Crippen LogP contribution in [0.15, 0.2) is 12.2 Å². The van der Waals surface area contributed by atoms with E-state index in [0.29, 0.717) is 0 Å². The lowest BCUT2D eigenvalue weighted by Gasteiger charge is -2.30. The Balaban J connectivity index is 5.57. The molecule has 10 heteroatoms. The summed E-state index contributed by atoms with van der Waals surface area (Å²) in [6.07, 6.45) is 3.23. The zero-order valence-electron chi connectivity index (χ0n) is 15.6. The normalized spacial score (nSPS) is 12.9. The highest BCUT2D eigenvalue weighted by Crippen LogP contribution is 2.71. The summed E-state index contributed by atoms with van der Waals surface area (Å²) in [5.74, 6) is -0.412. The van der Waals surface area contributed by atoms with Crippen LogP contribution < -0.4 is 0 Å². The van der Waals surface area contributed by atoms with Gasteiger partial charge in [-0.25, -0.2) is 0 Å². The Kier molecular flexibility index (Phi) is 12.5. The predicted molar refractivity (Wildman–Crippen MR) is 95.9 cm³/mol. The molecule has 25 heavy (non-hydrogen) atoms. The van der Waals surface area contributed by atoms with Gasteiger partial charge in [-0.3, -0.25) is 13.9 Å². The van der Waals surface area contributed by atoms with E-state index in [2.05, 4.69) is 0 Å². The average Bonchev–Trinajstić information content (AvgIpc) is 2.51. The van der Waals surface area contributed by atoms with Crippen molar-refractivity contribution in [3.05, 3.63) is 12.2 Å². The standard InChI is InChI=1S/C15H30O8P2/c1-6-20-24(17,21-7-2)15(12-10-11-13-19-14(5)16)25(18,22-8-3)23-9-4/h10-11,15H,6-9,12-13H2,1-5H3. The Hall–Kier alpha value is -0.490. The van der Waals surface area contributed by atoms with Gasteiger partial charge in [0.15, 0.2) is 5.40 Å². The van der Waals surface area contributed by atoms with Crippen molar-refractivity contribution in [2.24, 2.45) is 0 Å². The third-order valence-electron chi connectivity index (χ3n) is 2.86. The minimum Gasteiger partial charge on any atom is -0.462 e. The molecule has 0 aromatic rings. The van der Waals surface area contributed by atoms with Crippen LogP contribution in [-0.2, 0) is 36.8 Å². The third-order valence-corrected chi connectivity index (χ3v) is 8.91. The number of carbonyl (C=O) groups is 1. The molecule has 0 saturated heterocycles. The molecule has 0 aromatic heterocycles. The van der Waals surface area contributed by atoms with Crippen LogP contribution in [0.25, 0.3) is 0 Å². The highest BCUT2D eigenvalue weighted by Gasteiger charge is 2.49. The molecule has 0 amide bonds. The second-order valence-corrected chi connectivity index (χ2v) is 9.59. The molecule has 0 saturated carbocycles. The topological polar surface area (TPSA) is 97.4 Å². The highest BCUT2D eigenvalue weighted by atomic mass is 31.2. The Morgan fingerprint density at radius 3 is 1.56 bits per heavy atom. The van der Waals surface area contributed by atoms with Crippen molar-refractivity contribution in [1.82, 2.24) is 0 Å². The maximum atomic E-state index is 13.2. The first-order chi connectivity index (χ1) is 11.8. The molecule has 0 rings (SSSR count). The predicted octanol–water partition coefficient (Wildman–Crippen LogP) is 4.35. The van der Waals surface area contributed by atoms with E-state index in [-0.39, 0.29) is 39.5 Å². The SMILES string of the molecule is CCOP(=O)(OCC)C(CC=CCOC(C)=O)P(=O)(OCC)OCC. The molecule has 0 aliphatic carbocycles. The van der Waals surface area contributed by atoms with Crippen LogP contribution in [0.3, 0.4) is 0 Å². The van der Waals surface area contributed by atoms with Crippen LogP contribution in [-0.4, -0.2) is 44.4 Å². The van der Waals surface area contributed by atoms with Gasteiger partial charge in [0.2, 0.25) is 0 Å². The second-order valence-electron chi connectivity index (χ2n) is 4.74. The number of hydrogen-bond acceptors (Lipinski definition) is 8. The molecule has 0 atom stereocenters. The van der Waals surface area contributed by atoms with Gasteiger partial charge in [0.1, 0.15) is 6.61 Å². The van der Waals surface area contributed by atoms with Gasteiger partial charge in [-0.15, -0.1) is 0 Å². The largest absolute Gasteiger partial charge is 0.462 e. The van der Waals surface area contributed by atoms with Crippen molar-refractivity contribution in [3.8, 4) is 0 Å². The van der Waals surface area contributed by atoms with Gasteiger partial charge in [0.25, 0.3) is 0 Å². The van der Waals surface area contributed by atoms with Crippen LogP contribution in [0.2, 0.25) is 0 Å². The summed E-state index contributed by atoms with van der Waals surface area (Å²) in [5.41, 5.74) is 0. The average molecular weight is 400 g/mol. The Labute approximate surface area is 150 Å². The number of hydrogen-bond donors (Lipinski definition) is 0. The van der Waals surface area contributed by atoms with Crippen LogP contribution in [0.4, 0.5) is 0 Å². The van der Waals surface area contributed by atoms with Crippen LogP contribution in [0.1, 0.15) is 41.0 Å². The van der Waals surface area contributed by atoms with E-state index in [1.54, 1.807) is 39.8 Å². The quantitative estimate of drug-likeness (QED) is 0.241.